The zero-order chi connectivity index (χ0) is 19.0. The summed E-state index contributed by atoms with van der Waals surface area (Å²) in [6.45, 7) is 2.70. The van der Waals surface area contributed by atoms with E-state index in [0.717, 1.165) is 29.7 Å². The molecule has 0 fully saturated rings. The van der Waals surface area contributed by atoms with E-state index in [9.17, 15) is 14.7 Å². The summed E-state index contributed by atoms with van der Waals surface area (Å²) in [5, 5.41) is 19.5. The molecule has 0 radical (unpaired) electrons. The summed E-state index contributed by atoms with van der Waals surface area (Å²) < 4.78 is 0. The third-order valence-electron chi connectivity index (χ3n) is 4.59. The lowest BCUT2D eigenvalue weighted by molar-refractivity contribution is 0.0691. The van der Waals surface area contributed by atoms with Gasteiger partial charge in [0.1, 0.15) is 5.75 Å². The number of carbonyl (C=O) groups is 1. The monoisotopic (exact) mass is 390 g/mol. The molecule has 7 heteroatoms. The maximum atomic E-state index is 12.1. The van der Waals surface area contributed by atoms with E-state index in [4.69, 9.17) is 5.11 Å². The molecule has 0 spiro atoms. The fourth-order valence-electron chi connectivity index (χ4n) is 3.50. The first-order valence-corrected chi connectivity index (χ1v) is 8.50. The molecule has 0 unspecified atom stereocenters. The number of carboxylic acid groups (broad SMARTS) is 1. The summed E-state index contributed by atoms with van der Waals surface area (Å²) >= 11 is 0. The molecule has 0 aliphatic heterocycles. The number of carboxylic acids is 1. The second-order valence-corrected chi connectivity index (χ2v) is 6.82. The molecule has 3 rings (SSSR count). The van der Waals surface area contributed by atoms with Crippen molar-refractivity contribution in [3.05, 3.63) is 56.4 Å². The fraction of sp³-hybridized carbons (Fsp3) is 0.300. The van der Waals surface area contributed by atoms with Gasteiger partial charge < -0.3 is 20.1 Å². The number of nitrogens with zero attached hydrogens (tertiary/aromatic N) is 1. The Morgan fingerprint density at radius 3 is 2.59 bits per heavy atom. The molecule has 1 aliphatic carbocycles. The number of H-pyrrole nitrogens is 1. The molecule has 1 aliphatic rings. The van der Waals surface area contributed by atoms with Gasteiger partial charge in [-0.2, -0.15) is 0 Å². The van der Waals surface area contributed by atoms with Crippen molar-refractivity contribution in [2.75, 3.05) is 20.6 Å². The zero-order valence-corrected chi connectivity index (χ0v) is 16.3. The highest BCUT2D eigenvalue weighted by atomic mass is 35.5. The fourth-order valence-corrected chi connectivity index (χ4v) is 3.50. The lowest BCUT2D eigenvalue weighted by atomic mass is 9.97. The molecule has 0 atom stereocenters. The van der Waals surface area contributed by atoms with Gasteiger partial charge in [-0.25, -0.2) is 4.79 Å². The number of aromatic hydroxyl groups is 1. The Kier molecular flexibility index (Phi) is 6.13. The molecule has 1 aromatic heterocycles. The SMILES string of the molecule is CCc1c(-c2ccc3c(c2)CC(CN(C)C)=C3)[nH]c(=O)c(C(=O)O)c1O.Cl. The van der Waals surface area contributed by atoms with Crippen LogP contribution in [0.15, 0.2) is 28.6 Å². The Hall–Kier alpha value is -2.57. The topological polar surface area (TPSA) is 93.6 Å². The van der Waals surface area contributed by atoms with Crippen LogP contribution < -0.4 is 5.56 Å². The predicted molar refractivity (Wildman–Crippen MR) is 108 cm³/mol. The van der Waals surface area contributed by atoms with Crippen LogP contribution in [0.5, 0.6) is 5.75 Å². The van der Waals surface area contributed by atoms with Crippen LogP contribution in [0.25, 0.3) is 17.3 Å². The van der Waals surface area contributed by atoms with Crippen molar-refractivity contribution in [1.82, 2.24) is 9.88 Å². The first-order valence-electron chi connectivity index (χ1n) is 8.50. The number of benzene rings is 1. The van der Waals surface area contributed by atoms with Crippen molar-refractivity contribution in [3.63, 3.8) is 0 Å². The van der Waals surface area contributed by atoms with E-state index in [1.807, 2.05) is 39.2 Å². The Bertz CT molecular complexity index is 977. The van der Waals surface area contributed by atoms with Crippen LogP contribution in [-0.2, 0) is 12.8 Å². The van der Waals surface area contributed by atoms with E-state index in [1.165, 1.54) is 5.57 Å². The highest BCUT2D eigenvalue weighted by molar-refractivity contribution is 5.92. The van der Waals surface area contributed by atoms with Crippen molar-refractivity contribution in [2.45, 2.75) is 19.8 Å². The molecule has 27 heavy (non-hydrogen) atoms. The van der Waals surface area contributed by atoms with Crippen molar-refractivity contribution in [3.8, 4) is 17.0 Å². The molecule has 3 N–H and O–H groups in total. The summed E-state index contributed by atoms with van der Waals surface area (Å²) in [6, 6.07) is 5.88. The molecule has 0 saturated carbocycles. The smallest absolute Gasteiger partial charge is 0.345 e. The first kappa shape index (κ1) is 20.7. The van der Waals surface area contributed by atoms with Crippen molar-refractivity contribution < 1.29 is 15.0 Å². The molecule has 0 amide bonds. The van der Waals surface area contributed by atoms with E-state index in [1.54, 1.807) is 0 Å². The third-order valence-corrected chi connectivity index (χ3v) is 4.59. The van der Waals surface area contributed by atoms with Crippen molar-refractivity contribution in [1.29, 1.82) is 0 Å². The standard InChI is InChI=1S/C20H22N2O4.ClH/c1-4-15-17(21-19(24)16(18(15)23)20(25)26)13-6-5-12-7-11(10-22(2)3)8-14(12)9-13;/h5-7,9H,4,8,10H2,1-3H3,(H,25,26)(H2,21,23,24);1H. The van der Waals surface area contributed by atoms with Crippen LogP contribution in [-0.4, -0.2) is 46.7 Å². The van der Waals surface area contributed by atoms with E-state index < -0.39 is 22.8 Å². The molecule has 6 nitrogen and oxygen atoms in total. The number of nitrogens with one attached hydrogen (secondary N) is 1. The number of aromatic carboxylic acids is 1. The number of aromatic amines is 1. The Morgan fingerprint density at radius 2 is 2.00 bits per heavy atom. The number of rotatable bonds is 5. The molecule has 144 valence electrons. The Morgan fingerprint density at radius 1 is 1.30 bits per heavy atom. The van der Waals surface area contributed by atoms with E-state index >= 15 is 0 Å². The van der Waals surface area contributed by atoms with Crippen LogP contribution in [0.2, 0.25) is 0 Å². The number of halogens is 1. The average Bonchev–Trinajstić information content (AvgIpc) is 2.94. The van der Waals surface area contributed by atoms with Crippen LogP contribution in [0.1, 0.15) is 34.0 Å². The van der Waals surface area contributed by atoms with Gasteiger partial charge in [-0.3, -0.25) is 4.79 Å². The van der Waals surface area contributed by atoms with Gasteiger partial charge in [0.05, 0.1) is 5.69 Å². The molecule has 1 heterocycles. The summed E-state index contributed by atoms with van der Waals surface area (Å²) in [5.41, 5.74) is 3.89. The second kappa shape index (κ2) is 7.98. The van der Waals surface area contributed by atoms with Gasteiger partial charge in [0.2, 0.25) is 0 Å². The Labute approximate surface area is 163 Å². The van der Waals surface area contributed by atoms with Gasteiger partial charge in [-0.1, -0.05) is 30.7 Å². The van der Waals surface area contributed by atoms with Crippen LogP contribution in [0.4, 0.5) is 0 Å². The maximum absolute atomic E-state index is 12.1. The summed E-state index contributed by atoms with van der Waals surface area (Å²) in [5.74, 6) is -1.89. The molecule has 0 saturated heterocycles. The van der Waals surface area contributed by atoms with Crippen LogP contribution >= 0.6 is 12.4 Å². The zero-order valence-electron chi connectivity index (χ0n) is 15.5. The number of aromatic nitrogens is 1. The molecule has 2 aromatic rings. The predicted octanol–water partition coefficient (Wildman–Crippen LogP) is 2.93. The largest absolute Gasteiger partial charge is 0.506 e. The lowest BCUT2D eigenvalue weighted by Gasteiger charge is -2.13. The average molecular weight is 391 g/mol. The van der Waals surface area contributed by atoms with Gasteiger partial charge in [0.15, 0.2) is 5.56 Å². The minimum absolute atomic E-state index is 0. The number of fused-ring (bicyclic) bond motifs is 1. The van der Waals surface area contributed by atoms with E-state index in [2.05, 4.69) is 16.0 Å². The first-order chi connectivity index (χ1) is 12.3. The summed E-state index contributed by atoms with van der Waals surface area (Å²) in [6.07, 6.45) is 3.42. The van der Waals surface area contributed by atoms with Crippen molar-refractivity contribution in [2.24, 2.45) is 0 Å². The number of hydrogen-bond acceptors (Lipinski definition) is 4. The quantitative estimate of drug-likeness (QED) is 0.729. The van der Waals surface area contributed by atoms with Crippen LogP contribution in [0, 0.1) is 0 Å². The highest BCUT2D eigenvalue weighted by Crippen LogP contribution is 2.33. The van der Waals surface area contributed by atoms with Gasteiger partial charge in [0.25, 0.3) is 5.56 Å². The van der Waals surface area contributed by atoms with Crippen molar-refractivity contribution >= 4 is 24.5 Å². The summed E-state index contributed by atoms with van der Waals surface area (Å²) in [7, 11) is 4.06. The highest BCUT2D eigenvalue weighted by Gasteiger charge is 2.22. The van der Waals surface area contributed by atoms with E-state index in [0.29, 0.717) is 17.7 Å². The minimum atomic E-state index is -1.43. The third kappa shape index (κ3) is 3.91. The Balaban J connectivity index is 0.00000261. The number of pyridine rings is 1. The van der Waals surface area contributed by atoms with Gasteiger partial charge >= 0.3 is 5.97 Å². The summed E-state index contributed by atoms with van der Waals surface area (Å²) in [4.78, 5) is 28.1. The lowest BCUT2D eigenvalue weighted by Crippen LogP contribution is -2.20. The molecular formula is C20H23ClN2O4. The number of likely N-dealkylation sites (N-methyl/N-ethyl adjacent to an activating group) is 1. The second-order valence-electron chi connectivity index (χ2n) is 6.82. The van der Waals surface area contributed by atoms with Crippen LogP contribution in [0.3, 0.4) is 0 Å². The van der Waals surface area contributed by atoms with E-state index in [-0.39, 0.29) is 12.4 Å². The van der Waals surface area contributed by atoms with Gasteiger partial charge in [-0.05, 0) is 49.7 Å². The number of hydrogen-bond donors (Lipinski definition) is 3. The van der Waals surface area contributed by atoms with Gasteiger partial charge in [-0.15, -0.1) is 12.4 Å². The molecule has 0 bridgehead atoms. The molecule has 1 aromatic carbocycles. The van der Waals surface area contributed by atoms with Gasteiger partial charge in [0, 0.05) is 12.1 Å². The normalized spacial score (nSPS) is 12.5. The minimum Gasteiger partial charge on any atom is -0.506 e. The maximum Gasteiger partial charge on any atom is 0.345 e. The molecular weight excluding hydrogens is 368 g/mol.